The van der Waals surface area contributed by atoms with Crippen LogP contribution in [0, 0.1) is 18.6 Å². The Hall–Kier alpha value is -3.44. The molecule has 2 rings (SSSR count). The lowest BCUT2D eigenvalue weighted by molar-refractivity contribution is -0.144. The zero-order valence-corrected chi connectivity index (χ0v) is 21.1. The molecule has 4 radical (unpaired) electrons. The SMILES string of the molecule is COC(=O)[C@H](CSC#Cc1ccccc1)NC(=O)[C@H](Cc1ccccc1)NC(=O)OC(C)(C)C.[C]. The fraction of sp³-hybridized carbons (Fsp3) is 0.333. The summed E-state index contributed by atoms with van der Waals surface area (Å²) in [5.74, 6) is 2.05. The highest BCUT2D eigenvalue weighted by Gasteiger charge is 2.29. The number of methoxy groups -OCH3 is 1. The van der Waals surface area contributed by atoms with Gasteiger partial charge in [0.05, 0.1) is 7.11 Å². The molecule has 2 amide bonds. The second-order valence-electron chi connectivity index (χ2n) is 8.38. The van der Waals surface area contributed by atoms with Gasteiger partial charge in [0.25, 0.3) is 0 Å². The van der Waals surface area contributed by atoms with Gasteiger partial charge in [0, 0.05) is 25.2 Å². The highest BCUT2D eigenvalue weighted by atomic mass is 32.2. The molecule has 2 atom stereocenters. The number of carbonyl (C=O) groups excluding carboxylic acids is 3. The van der Waals surface area contributed by atoms with E-state index in [0.29, 0.717) is 0 Å². The molecule has 0 saturated heterocycles. The van der Waals surface area contributed by atoms with E-state index in [9.17, 15) is 14.4 Å². The van der Waals surface area contributed by atoms with Crippen LogP contribution in [-0.2, 0) is 25.5 Å². The summed E-state index contributed by atoms with van der Waals surface area (Å²) in [7, 11) is 1.25. The van der Waals surface area contributed by atoms with Gasteiger partial charge < -0.3 is 20.1 Å². The van der Waals surface area contributed by atoms with Gasteiger partial charge in [-0.25, -0.2) is 9.59 Å². The van der Waals surface area contributed by atoms with E-state index in [0.717, 1.165) is 11.1 Å². The Morgan fingerprint density at radius 1 is 0.943 bits per heavy atom. The number of esters is 1. The molecule has 0 bridgehead atoms. The van der Waals surface area contributed by atoms with Gasteiger partial charge in [-0.05, 0) is 43.7 Å². The molecule has 0 aliphatic carbocycles. The van der Waals surface area contributed by atoms with Gasteiger partial charge in [-0.3, -0.25) is 4.79 Å². The van der Waals surface area contributed by atoms with Gasteiger partial charge in [0.2, 0.25) is 5.91 Å². The standard InChI is InChI=1S/C26H30N2O5S.C/c1-26(2,3)33-25(31)28-21(17-20-13-9-6-10-14-20)23(29)27-22(24(30)32-4)18-34-16-15-19-11-7-5-8-12-19;/h5-14,21-22H,17-18H2,1-4H3,(H,27,29)(H,28,31);/t21-,22-;/m0./s1. The first kappa shape index (κ1) is 29.6. The van der Waals surface area contributed by atoms with E-state index in [-0.39, 0.29) is 19.6 Å². The Labute approximate surface area is 212 Å². The second kappa shape index (κ2) is 14.7. The summed E-state index contributed by atoms with van der Waals surface area (Å²) in [6.07, 6.45) is -0.498. The number of benzene rings is 2. The summed E-state index contributed by atoms with van der Waals surface area (Å²) in [6.45, 7) is 5.21. The second-order valence-corrected chi connectivity index (χ2v) is 9.20. The first-order valence-electron chi connectivity index (χ1n) is 10.8. The highest BCUT2D eigenvalue weighted by Crippen LogP contribution is 2.10. The summed E-state index contributed by atoms with van der Waals surface area (Å²) >= 11 is 1.19. The summed E-state index contributed by atoms with van der Waals surface area (Å²) in [4.78, 5) is 37.7. The normalized spacial score (nSPS) is 12.0. The zero-order valence-electron chi connectivity index (χ0n) is 20.3. The van der Waals surface area contributed by atoms with Crippen molar-refractivity contribution in [3.63, 3.8) is 0 Å². The molecule has 35 heavy (non-hydrogen) atoms. The van der Waals surface area contributed by atoms with Crippen molar-refractivity contribution in [2.75, 3.05) is 12.9 Å². The molecule has 2 N–H and O–H groups in total. The topological polar surface area (TPSA) is 93.7 Å². The van der Waals surface area contributed by atoms with Gasteiger partial charge in [0.1, 0.15) is 17.7 Å². The molecule has 0 aromatic heterocycles. The predicted octanol–water partition coefficient (Wildman–Crippen LogP) is 3.60. The molecule has 184 valence electrons. The molecule has 8 heteroatoms. The van der Waals surface area contributed by atoms with Crippen molar-refractivity contribution < 1.29 is 23.9 Å². The lowest BCUT2D eigenvalue weighted by Gasteiger charge is -2.24. The predicted molar refractivity (Wildman–Crippen MR) is 136 cm³/mol. The number of alkyl carbamates (subject to hydrolysis) is 1. The molecule has 0 heterocycles. The van der Waals surface area contributed by atoms with Gasteiger partial charge >= 0.3 is 12.1 Å². The fourth-order valence-electron chi connectivity index (χ4n) is 2.83. The lowest BCUT2D eigenvalue weighted by atomic mass is 10.1. The van der Waals surface area contributed by atoms with Gasteiger partial charge in [-0.15, -0.1) is 0 Å². The Balaban J connectivity index is 0.00000612. The Kier molecular flexibility index (Phi) is 12.5. The average molecular weight is 495 g/mol. The molecule has 7 nitrogen and oxygen atoms in total. The quantitative estimate of drug-likeness (QED) is 0.430. The largest absolute Gasteiger partial charge is 0.467 e. The number of carbonyl (C=O) groups is 3. The van der Waals surface area contributed by atoms with Crippen molar-refractivity contribution in [2.24, 2.45) is 0 Å². The van der Waals surface area contributed by atoms with Gasteiger partial charge in [0.15, 0.2) is 0 Å². The fourth-order valence-corrected chi connectivity index (χ4v) is 3.49. The first-order valence-corrected chi connectivity index (χ1v) is 11.8. The Bertz CT molecular complexity index is 1010. The maximum atomic E-state index is 13.1. The number of ether oxygens (including phenoxy) is 2. The minimum atomic E-state index is -0.954. The Morgan fingerprint density at radius 3 is 2.11 bits per heavy atom. The maximum Gasteiger partial charge on any atom is 0.408 e. The number of rotatable bonds is 8. The van der Waals surface area contributed by atoms with E-state index in [1.165, 1.54) is 18.9 Å². The average Bonchev–Trinajstić information content (AvgIpc) is 2.80. The smallest absolute Gasteiger partial charge is 0.408 e. The zero-order chi connectivity index (χ0) is 25.0. The van der Waals surface area contributed by atoms with Crippen LogP contribution in [0.5, 0.6) is 0 Å². The van der Waals surface area contributed by atoms with Crippen molar-refractivity contribution in [1.29, 1.82) is 0 Å². The molecule has 0 aliphatic rings. The summed E-state index contributed by atoms with van der Waals surface area (Å²) in [6, 6.07) is 16.8. The third-order valence-corrected chi connectivity index (χ3v) is 5.13. The summed E-state index contributed by atoms with van der Waals surface area (Å²) in [5, 5.41) is 8.22. The van der Waals surface area contributed by atoms with E-state index < -0.39 is 35.7 Å². The molecule has 2 aromatic rings. The maximum absolute atomic E-state index is 13.1. The molecule has 0 fully saturated rings. The van der Waals surface area contributed by atoms with E-state index in [4.69, 9.17) is 9.47 Å². The van der Waals surface area contributed by atoms with Crippen LogP contribution in [0.15, 0.2) is 60.7 Å². The minimum absolute atomic E-state index is 0. The lowest BCUT2D eigenvalue weighted by Crippen LogP contribution is -2.54. The number of thioether (sulfide) groups is 1. The van der Waals surface area contributed by atoms with Gasteiger partial charge in [-0.1, -0.05) is 66.2 Å². The molecular formula is C27H30N2O5S. The number of nitrogens with one attached hydrogen (secondary N) is 2. The molecule has 0 unspecified atom stereocenters. The first-order chi connectivity index (χ1) is 16.2. The van der Waals surface area contributed by atoms with Crippen LogP contribution in [0.4, 0.5) is 4.79 Å². The number of hydrogen-bond acceptors (Lipinski definition) is 6. The molecular weight excluding hydrogens is 464 g/mol. The molecule has 0 saturated carbocycles. The van der Waals surface area contributed by atoms with Crippen molar-refractivity contribution in [3.05, 3.63) is 79.2 Å². The van der Waals surface area contributed by atoms with Crippen LogP contribution >= 0.6 is 11.8 Å². The summed E-state index contributed by atoms with van der Waals surface area (Å²) < 4.78 is 10.2. The van der Waals surface area contributed by atoms with Crippen LogP contribution in [-0.4, -0.2) is 48.5 Å². The van der Waals surface area contributed by atoms with E-state index >= 15 is 0 Å². The van der Waals surface area contributed by atoms with Crippen LogP contribution in [0.3, 0.4) is 0 Å². The minimum Gasteiger partial charge on any atom is -0.467 e. The van der Waals surface area contributed by atoms with Crippen molar-refractivity contribution in [3.8, 4) is 11.2 Å². The molecule has 0 aliphatic heterocycles. The summed E-state index contributed by atoms with van der Waals surface area (Å²) in [5.41, 5.74) is 0.968. The van der Waals surface area contributed by atoms with Crippen molar-refractivity contribution in [2.45, 2.75) is 44.9 Å². The third kappa shape index (κ3) is 11.5. The molecule has 2 aromatic carbocycles. The van der Waals surface area contributed by atoms with Crippen LogP contribution in [0.25, 0.3) is 0 Å². The van der Waals surface area contributed by atoms with Crippen LogP contribution in [0.2, 0.25) is 0 Å². The van der Waals surface area contributed by atoms with E-state index in [2.05, 4.69) is 21.8 Å². The third-order valence-electron chi connectivity index (χ3n) is 4.38. The van der Waals surface area contributed by atoms with E-state index in [1.54, 1.807) is 20.8 Å². The van der Waals surface area contributed by atoms with Crippen LogP contribution < -0.4 is 10.6 Å². The van der Waals surface area contributed by atoms with Gasteiger partial charge in [-0.2, -0.15) is 0 Å². The van der Waals surface area contributed by atoms with Crippen LogP contribution in [0.1, 0.15) is 31.9 Å². The Morgan fingerprint density at radius 2 is 1.54 bits per heavy atom. The van der Waals surface area contributed by atoms with E-state index in [1.807, 2.05) is 60.7 Å². The molecule has 0 spiro atoms. The number of hydrogen-bond donors (Lipinski definition) is 2. The van der Waals surface area contributed by atoms with Crippen molar-refractivity contribution >= 4 is 29.7 Å². The number of amides is 2. The highest BCUT2D eigenvalue weighted by molar-refractivity contribution is 8.03. The van der Waals surface area contributed by atoms with Crippen molar-refractivity contribution in [1.82, 2.24) is 10.6 Å². The monoisotopic (exact) mass is 494 g/mol.